The van der Waals surface area contributed by atoms with Gasteiger partial charge >= 0.3 is 0 Å². The van der Waals surface area contributed by atoms with E-state index in [-0.39, 0.29) is 0 Å². The fraction of sp³-hybridized carbons (Fsp3) is 0.0769. The van der Waals surface area contributed by atoms with Crippen molar-refractivity contribution in [1.29, 1.82) is 0 Å². The lowest BCUT2D eigenvalue weighted by molar-refractivity contribution is -0.401. The second-order valence-corrected chi connectivity index (χ2v) is 4.75. The minimum absolute atomic E-state index is 0.473. The molecule has 0 fully saturated rings. The summed E-state index contributed by atoms with van der Waals surface area (Å²) >= 11 is 1.48. The summed E-state index contributed by atoms with van der Waals surface area (Å²) in [5, 5.41) is 10.9. The second kappa shape index (κ2) is 5.55. The number of nitrogens with zero attached hydrogens (tertiary/aromatic N) is 1. The van der Waals surface area contributed by atoms with Crippen molar-refractivity contribution >= 4 is 17.8 Å². The van der Waals surface area contributed by atoms with Crippen molar-refractivity contribution in [2.24, 2.45) is 0 Å². The Labute approximate surface area is 108 Å². The molecular weight excluding hydrogens is 250 g/mol. The lowest BCUT2D eigenvalue weighted by Crippen LogP contribution is -1.80. The third-order valence-corrected chi connectivity index (χ3v) is 3.13. The predicted molar refractivity (Wildman–Crippen MR) is 70.0 cm³/mol. The van der Waals surface area contributed by atoms with Crippen LogP contribution >= 0.6 is 11.8 Å². The van der Waals surface area contributed by atoms with E-state index in [0.717, 1.165) is 11.1 Å². The average Bonchev–Trinajstić information content (AvgIpc) is 2.77. The van der Waals surface area contributed by atoms with Gasteiger partial charge in [0.2, 0.25) is 6.20 Å². The van der Waals surface area contributed by atoms with E-state index >= 15 is 0 Å². The molecule has 0 N–H and O–H groups in total. The number of furan rings is 1. The van der Waals surface area contributed by atoms with Crippen molar-refractivity contribution in [3.8, 4) is 0 Å². The Morgan fingerprint density at radius 3 is 2.61 bits per heavy atom. The quantitative estimate of drug-likeness (QED) is 0.617. The molecule has 92 valence electrons. The van der Waals surface area contributed by atoms with Crippen LogP contribution in [0.1, 0.15) is 11.3 Å². The maximum absolute atomic E-state index is 10.2. The van der Waals surface area contributed by atoms with Gasteiger partial charge in [-0.3, -0.25) is 10.1 Å². The highest BCUT2D eigenvalue weighted by Gasteiger charge is 2.03. The van der Waals surface area contributed by atoms with E-state index in [0.29, 0.717) is 10.9 Å². The molecule has 1 aromatic heterocycles. The largest absolute Gasteiger partial charge is 0.450 e. The Balaban J connectivity index is 2.06. The van der Waals surface area contributed by atoms with Crippen LogP contribution in [-0.4, -0.2) is 4.92 Å². The zero-order valence-electron chi connectivity index (χ0n) is 9.70. The Bertz CT molecular complexity index is 572. The van der Waals surface area contributed by atoms with Gasteiger partial charge in [0.25, 0.3) is 0 Å². The Morgan fingerprint density at radius 1 is 1.22 bits per heavy atom. The molecule has 0 radical (unpaired) electrons. The lowest BCUT2D eigenvalue weighted by atomic mass is 10.2. The summed E-state index contributed by atoms with van der Waals surface area (Å²) in [5.74, 6) is 0.473. The van der Waals surface area contributed by atoms with Crippen LogP contribution in [0.5, 0.6) is 0 Å². The third-order valence-electron chi connectivity index (χ3n) is 2.20. The molecule has 4 nitrogen and oxygen atoms in total. The van der Waals surface area contributed by atoms with E-state index in [1.807, 2.05) is 31.2 Å². The van der Waals surface area contributed by atoms with Gasteiger partial charge < -0.3 is 4.42 Å². The summed E-state index contributed by atoms with van der Waals surface area (Å²) < 4.78 is 5.44. The Morgan fingerprint density at radius 2 is 1.94 bits per heavy atom. The molecule has 0 aliphatic carbocycles. The minimum atomic E-state index is -0.519. The predicted octanol–water partition coefficient (Wildman–Crippen LogP) is 3.99. The van der Waals surface area contributed by atoms with E-state index in [1.165, 1.54) is 23.4 Å². The maximum atomic E-state index is 10.2. The molecule has 0 aliphatic rings. The molecular formula is C13H11NO3S. The molecule has 0 unspecified atom stereocenters. The first kappa shape index (κ1) is 12.4. The fourth-order valence-corrected chi connectivity index (χ4v) is 2.11. The molecule has 0 atom stereocenters. The topological polar surface area (TPSA) is 56.3 Å². The molecule has 2 rings (SSSR count). The normalized spacial score (nSPS) is 10.9. The van der Waals surface area contributed by atoms with E-state index in [9.17, 15) is 10.1 Å². The first-order valence-corrected chi connectivity index (χ1v) is 6.11. The van der Waals surface area contributed by atoms with Crippen molar-refractivity contribution in [2.45, 2.75) is 16.9 Å². The molecule has 1 aromatic carbocycles. The highest BCUT2D eigenvalue weighted by molar-refractivity contribution is 7.99. The van der Waals surface area contributed by atoms with Crippen LogP contribution in [0.15, 0.2) is 57.0 Å². The number of nitro groups is 1. The van der Waals surface area contributed by atoms with Crippen molar-refractivity contribution in [3.63, 3.8) is 0 Å². The zero-order valence-corrected chi connectivity index (χ0v) is 10.5. The van der Waals surface area contributed by atoms with Crippen LogP contribution < -0.4 is 0 Å². The monoisotopic (exact) mass is 261 g/mol. The Hall–Kier alpha value is -2.01. The van der Waals surface area contributed by atoms with Gasteiger partial charge in [0.1, 0.15) is 5.76 Å². The van der Waals surface area contributed by atoms with Gasteiger partial charge in [0, 0.05) is 4.90 Å². The van der Waals surface area contributed by atoms with Crippen molar-refractivity contribution in [1.82, 2.24) is 0 Å². The van der Waals surface area contributed by atoms with E-state index < -0.39 is 4.92 Å². The number of benzene rings is 1. The van der Waals surface area contributed by atoms with Gasteiger partial charge in [-0.2, -0.15) is 0 Å². The molecule has 5 heteroatoms. The summed E-state index contributed by atoms with van der Waals surface area (Å²) in [5.41, 5.74) is 1.20. The van der Waals surface area contributed by atoms with Crippen molar-refractivity contribution in [3.05, 3.63) is 64.0 Å². The Kier molecular flexibility index (Phi) is 3.84. The SMILES string of the molecule is Cc1ccc(Sc2ccc(/C=C/[N+](=O)[O-])o2)cc1. The first-order chi connectivity index (χ1) is 8.63. The number of aryl methyl sites for hydroxylation is 1. The molecule has 0 spiro atoms. The van der Waals surface area contributed by atoms with E-state index in [2.05, 4.69) is 0 Å². The highest BCUT2D eigenvalue weighted by atomic mass is 32.2. The van der Waals surface area contributed by atoms with Crippen molar-refractivity contribution < 1.29 is 9.34 Å². The van der Waals surface area contributed by atoms with Gasteiger partial charge in [0.05, 0.1) is 11.0 Å². The summed E-state index contributed by atoms with van der Waals surface area (Å²) in [7, 11) is 0. The highest BCUT2D eigenvalue weighted by Crippen LogP contribution is 2.29. The summed E-state index contributed by atoms with van der Waals surface area (Å²) in [6.45, 7) is 2.03. The number of rotatable bonds is 4. The number of hydrogen-bond acceptors (Lipinski definition) is 4. The van der Waals surface area contributed by atoms with Crippen LogP contribution in [0.2, 0.25) is 0 Å². The molecule has 0 aliphatic heterocycles. The molecule has 1 heterocycles. The van der Waals surface area contributed by atoms with Crippen molar-refractivity contribution in [2.75, 3.05) is 0 Å². The lowest BCUT2D eigenvalue weighted by Gasteiger charge is -1.98. The summed E-state index contributed by atoms with van der Waals surface area (Å²) in [6.07, 6.45) is 2.19. The number of hydrogen-bond donors (Lipinski definition) is 0. The molecule has 0 bridgehead atoms. The van der Waals surface area contributed by atoms with E-state index in [1.54, 1.807) is 12.1 Å². The molecule has 0 saturated carbocycles. The fourth-order valence-electron chi connectivity index (χ4n) is 1.34. The zero-order chi connectivity index (χ0) is 13.0. The second-order valence-electron chi connectivity index (χ2n) is 3.67. The maximum Gasteiger partial charge on any atom is 0.238 e. The smallest absolute Gasteiger partial charge is 0.238 e. The minimum Gasteiger partial charge on any atom is -0.450 e. The summed E-state index contributed by atoms with van der Waals surface area (Å²) in [6, 6.07) is 11.6. The van der Waals surface area contributed by atoms with Gasteiger partial charge in [-0.15, -0.1) is 0 Å². The standard InChI is InChI=1S/C13H11NO3S/c1-10-2-5-12(6-3-10)18-13-7-4-11(17-13)8-9-14(15)16/h2-9H,1H3/b9-8+. The molecule has 2 aromatic rings. The molecule has 0 amide bonds. The molecule has 18 heavy (non-hydrogen) atoms. The van der Waals surface area contributed by atoms with Crippen LogP contribution in [0.4, 0.5) is 0 Å². The van der Waals surface area contributed by atoms with Gasteiger partial charge in [-0.05, 0) is 31.2 Å². The van der Waals surface area contributed by atoms with Crippen LogP contribution in [-0.2, 0) is 0 Å². The summed E-state index contributed by atoms with van der Waals surface area (Å²) in [4.78, 5) is 10.7. The van der Waals surface area contributed by atoms with Crippen LogP contribution in [0.25, 0.3) is 6.08 Å². The molecule has 0 saturated heterocycles. The van der Waals surface area contributed by atoms with E-state index in [4.69, 9.17) is 4.42 Å². The van der Waals surface area contributed by atoms with Crippen LogP contribution in [0, 0.1) is 17.0 Å². The van der Waals surface area contributed by atoms with Gasteiger partial charge in [-0.25, -0.2) is 0 Å². The van der Waals surface area contributed by atoms with Crippen LogP contribution in [0.3, 0.4) is 0 Å². The first-order valence-electron chi connectivity index (χ1n) is 5.29. The van der Waals surface area contributed by atoms with Gasteiger partial charge in [0.15, 0.2) is 5.09 Å². The van der Waals surface area contributed by atoms with Gasteiger partial charge in [-0.1, -0.05) is 29.5 Å². The average molecular weight is 261 g/mol. The third kappa shape index (κ3) is 3.49.